The highest BCUT2D eigenvalue weighted by Crippen LogP contribution is 2.31. The highest BCUT2D eigenvalue weighted by molar-refractivity contribution is 5.11. The molecule has 0 radical (unpaired) electrons. The van der Waals surface area contributed by atoms with Crippen molar-refractivity contribution in [1.82, 2.24) is 30.0 Å². The summed E-state index contributed by atoms with van der Waals surface area (Å²) in [6.07, 6.45) is 2.45. The fourth-order valence-electron chi connectivity index (χ4n) is 2.72. The third-order valence-electron chi connectivity index (χ3n) is 4.20. The molecule has 8 nitrogen and oxygen atoms in total. The van der Waals surface area contributed by atoms with Crippen LogP contribution in [0.2, 0.25) is 0 Å². The Morgan fingerprint density at radius 2 is 2.13 bits per heavy atom. The summed E-state index contributed by atoms with van der Waals surface area (Å²) < 4.78 is 7.05. The van der Waals surface area contributed by atoms with Crippen LogP contribution in [-0.2, 0) is 12.1 Å². The number of nitrogens with zero attached hydrogens (tertiary/aromatic N) is 6. The zero-order valence-electron chi connectivity index (χ0n) is 14.1. The number of hydrogen-bond acceptors (Lipinski definition) is 7. The van der Waals surface area contributed by atoms with Crippen molar-refractivity contribution in [1.29, 1.82) is 0 Å². The fourth-order valence-corrected chi connectivity index (χ4v) is 2.72. The first kappa shape index (κ1) is 16.1. The quantitative estimate of drug-likeness (QED) is 0.891. The van der Waals surface area contributed by atoms with Crippen molar-refractivity contribution in [3.05, 3.63) is 23.6 Å². The van der Waals surface area contributed by atoms with Gasteiger partial charge in [0.2, 0.25) is 5.89 Å². The molecule has 8 heteroatoms. The van der Waals surface area contributed by atoms with Crippen LogP contribution >= 0.6 is 0 Å². The van der Waals surface area contributed by atoms with Crippen molar-refractivity contribution in [2.24, 2.45) is 0 Å². The molecule has 1 saturated heterocycles. The Balaban J connectivity index is 1.66. The summed E-state index contributed by atoms with van der Waals surface area (Å²) in [5, 5.41) is 23.1. The zero-order chi connectivity index (χ0) is 16.6. The van der Waals surface area contributed by atoms with Crippen LogP contribution in [0.4, 0.5) is 0 Å². The Morgan fingerprint density at radius 3 is 2.74 bits per heavy atom. The minimum Gasteiger partial charge on any atom is -0.382 e. The smallest absolute Gasteiger partial charge is 0.240 e. The van der Waals surface area contributed by atoms with Crippen molar-refractivity contribution in [3.63, 3.8) is 0 Å². The van der Waals surface area contributed by atoms with Crippen molar-refractivity contribution < 1.29 is 9.63 Å². The predicted octanol–water partition coefficient (Wildman–Crippen LogP) is 1.46. The van der Waals surface area contributed by atoms with Crippen molar-refractivity contribution in [2.45, 2.75) is 58.2 Å². The van der Waals surface area contributed by atoms with Gasteiger partial charge in [-0.25, -0.2) is 4.68 Å². The standard InChI is InChI=1S/C15H24N6O2/c1-10(2)14-16-13(23-18-14)8-20-6-5-15(22,9-20)12-7-21(11(3)4)19-17-12/h7,10-11,22H,5-6,8-9H2,1-4H3/t15-/m1/s1. The molecule has 1 aliphatic heterocycles. The van der Waals surface area contributed by atoms with Gasteiger partial charge in [-0.15, -0.1) is 5.10 Å². The number of β-amino-alcohol motifs (C(OH)–C–C–N with tert-alkyl or cyclic N) is 1. The van der Waals surface area contributed by atoms with Crippen LogP contribution in [0.25, 0.3) is 0 Å². The number of aromatic nitrogens is 5. The van der Waals surface area contributed by atoms with Crippen LogP contribution in [-0.4, -0.2) is 48.2 Å². The van der Waals surface area contributed by atoms with Gasteiger partial charge in [-0.2, -0.15) is 4.98 Å². The van der Waals surface area contributed by atoms with Gasteiger partial charge in [0.25, 0.3) is 0 Å². The second kappa shape index (κ2) is 6.01. The topological polar surface area (TPSA) is 93.1 Å². The Bertz CT molecular complexity index is 664. The molecule has 1 fully saturated rings. The lowest BCUT2D eigenvalue weighted by Gasteiger charge is -2.20. The molecule has 3 rings (SSSR count). The number of hydrogen-bond donors (Lipinski definition) is 1. The monoisotopic (exact) mass is 320 g/mol. The van der Waals surface area contributed by atoms with Crippen molar-refractivity contribution in [2.75, 3.05) is 13.1 Å². The molecule has 2 aromatic rings. The summed E-state index contributed by atoms with van der Waals surface area (Å²) in [5.74, 6) is 1.55. The maximum atomic E-state index is 10.9. The largest absolute Gasteiger partial charge is 0.382 e. The minimum absolute atomic E-state index is 0.227. The maximum Gasteiger partial charge on any atom is 0.240 e. The molecule has 0 bridgehead atoms. The number of likely N-dealkylation sites (tertiary alicyclic amines) is 1. The normalized spacial score (nSPS) is 22.6. The fraction of sp³-hybridized carbons (Fsp3) is 0.733. The average Bonchev–Trinajstić information content (AvgIpc) is 3.19. The van der Waals surface area contributed by atoms with Gasteiger partial charge in [0, 0.05) is 25.0 Å². The molecule has 0 aliphatic carbocycles. The van der Waals surface area contributed by atoms with E-state index in [1.807, 2.05) is 33.9 Å². The van der Waals surface area contributed by atoms with Crippen LogP contribution in [0.3, 0.4) is 0 Å². The van der Waals surface area contributed by atoms with E-state index in [-0.39, 0.29) is 12.0 Å². The summed E-state index contributed by atoms with van der Waals surface area (Å²) in [6.45, 7) is 9.91. The van der Waals surface area contributed by atoms with Gasteiger partial charge in [-0.1, -0.05) is 24.2 Å². The van der Waals surface area contributed by atoms with E-state index < -0.39 is 5.60 Å². The summed E-state index contributed by atoms with van der Waals surface area (Å²) in [7, 11) is 0. The van der Waals surface area contributed by atoms with Gasteiger partial charge in [0.1, 0.15) is 11.3 Å². The lowest BCUT2D eigenvalue weighted by Crippen LogP contribution is -2.31. The Hall–Kier alpha value is -1.80. The Morgan fingerprint density at radius 1 is 1.35 bits per heavy atom. The van der Waals surface area contributed by atoms with Gasteiger partial charge >= 0.3 is 0 Å². The second-order valence-corrected chi connectivity index (χ2v) is 6.87. The molecule has 2 aromatic heterocycles. The van der Waals surface area contributed by atoms with Crippen LogP contribution in [0, 0.1) is 0 Å². The number of aliphatic hydroxyl groups is 1. The molecule has 1 N–H and O–H groups in total. The number of rotatable bonds is 5. The predicted molar refractivity (Wildman–Crippen MR) is 82.6 cm³/mol. The van der Waals surface area contributed by atoms with Crippen LogP contribution in [0.1, 0.15) is 63.5 Å². The molecule has 0 spiro atoms. The third-order valence-corrected chi connectivity index (χ3v) is 4.20. The van der Waals surface area contributed by atoms with Crippen LogP contribution < -0.4 is 0 Å². The van der Waals surface area contributed by atoms with Gasteiger partial charge in [-0.05, 0) is 20.3 Å². The summed E-state index contributed by atoms with van der Waals surface area (Å²) in [6, 6.07) is 0.227. The zero-order valence-corrected chi connectivity index (χ0v) is 14.1. The molecular weight excluding hydrogens is 296 g/mol. The lowest BCUT2D eigenvalue weighted by atomic mass is 10.00. The molecular formula is C15H24N6O2. The van der Waals surface area contributed by atoms with Gasteiger partial charge in [0.05, 0.1) is 12.7 Å². The summed E-state index contributed by atoms with van der Waals surface area (Å²) in [5.41, 5.74) is -0.337. The van der Waals surface area contributed by atoms with E-state index in [4.69, 9.17) is 4.52 Å². The molecule has 0 amide bonds. The first-order valence-electron chi connectivity index (χ1n) is 8.07. The average molecular weight is 320 g/mol. The van der Waals surface area contributed by atoms with Crippen molar-refractivity contribution >= 4 is 0 Å². The summed E-state index contributed by atoms with van der Waals surface area (Å²) >= 11 is 0. The first-order chi connectivity index (χ1) is 10.9. The van der Waals surface area contributed by atoms with Gasteiger partial charge in [0.15, 0.2) is 5.82 Å². The molecule has 126 valence electrons. The summed E-state index contributed by atoms with van der Waals surface area (Å²) in [4.78, 5) is 6.49. The first-order valence-corrected chi connectivity index (χ1v) is 8.07. The van der Waals surface area contributed by atoms with Gasteiger partial charge < -0.3 is 9.63 Å². The maximum absolute atomic E-state index is 10.9. The Kier molecular flexibility index (Phi) is 4.20. The molecule has 3 heterocycles. The van der Waals surface area contributed by atoms with E-state index in [1.165, 1.54) is 0 Å². The molecule has 23 heavy (non-hydrogen) atoms. The highest BCUT2D eigenvalue weighted by atomic mass is 16.5. The van der Waals surface area contributed by atoms with Crippen molar-refractivity contribution in [3.8, 4) is 0 Å². The van der Waals surface area contributed by atoms with E-state index in [2.05, 4.69) is 25.4 Å². The third kappa shape index (κ3) is 3.28. The van der Waals surface area contributed by atoms with Crippen LogP contribution in [0.5, 0.6) is 0 Å². The van der Waals surface area contributed by atoms with E-state index >= 15 is 0 Å². The molecule has 0 unspecified atom stereocenters. The highest BCUT2D eigenvalue weighted by Gasteiger charge is 2.40. The van der Waals surface area contributed by atoms with E-state index in [1.54, 1.807) is 4.68 Å². The second-order valence-electron chi connectivity index (χ2n) is 6.87. The lowest BCUT2D eigenvalue weighted by molar-refractivity contribution is 0.0397. The van der Waals surface area contributed by atoms with E-state index in [0.717, 1.165) is 6.54 Å². The molecule has 1 aliphatic rings. The van der Waals surface area contributed by atoms with E-state index in [0.29, 0.717) is 36.9 Å². The van der Waals surface area contributed by atoms with E-state index in [9.17, 15) is 5.11 Å². The Labute approximate surface area is 135 Å². The minimum atomic E-state index is -0.964. The molecule has 0 aromatic carbocycles. The van der Waals surface area contributed by atoms with Crippen LogP contribution in [0.15, 0.2) is 10.7 Å². The molecule has 0 saturated carbocycles. The van der Waals surface area contributed by atoms with Gasteiger partial charge in [-0.3, -0.25) is 4.90 Å². The molecule has 1 atom stereocenters. The SMILES string of the molecule is CC(C)c1noc(CN2CC[C@](O)(c3cn(C(C)C)nn3)C2)n1.